The van der Waals surface area contributed by atoms with E-state index in [1.165, 1.54) is 25.7 Å². The number of nitriles is 1. The predicted molar refractivity (Wildman–Crippen MR) is 49.3 cm³/mol. The van der Waals surface area contributed by atoms with E-state index in [2.05, 4.69) is 5.32 Å². The Kier molecular flexibility index (Phi) is 2.22. The topological polar surface area (TPSA) is 49.0 Å². The Morgan fingerprint density at radius 3 is 2.77 bits per heavy atom. The number of furan rings is 1. The fourth-order valence-electron chi connectivity index (χ4n) is 1.75. The van der Waals surface area contributed by atoms with Crippen molar-refractivity contribution in [3.8, 4) is 6.07 Å². The molecule has 0 unspecified atom stereocenters. The van der Waals surface area contributed by atoms with Gasteiger partial charge in [0.15, 0.2) is 5.88 Å². The quantitative estimate of drug-likeness (QED) is 0.753. The Bertz CT molecular complexity index is 318. The molecule has 0 bridgehead atoms. The van der Waals surface area contributed by atoms with Crippen LogP contribution in [0.25, 0.3) is 0 Å². The lowest BCUT2D eigenvalue weighted by Gasteiger charge is -2.09. The Labute approximate surface area is 77.4 Å². The third-order valence-corrected chi connectivity index (χ3v) is 2.42. The second-order valence-corrected chi connectivity index (χ2v) is 3.40. The van der Waals surface area contributed by atoms with E-state index in [1.807, 2.05) is 12.1 Å². The van der Waals surface area contributed by atoms with E-state index in [0.717, 1.165) is 5.88 Å². The summed E-state index contributed by atoms with van der Waals surface area (Å²) in [6.45, 7) is 0. The summed E-state index contributed by atoms with van der Waals surface area (Å²) < 4.78 is 5.22. The smallest absolute Gasteiger partial charge is 0.206 e. The van der Waals surface area contributed by atoms with Gasteiger partial charge in [-0.25, -0.2) is 0 Å². The van der Waals surface area contributed by atoms with Crippen LogP contribution in [0.2, 0.25) is 0 Å². The highest BCUT2D eigenvalue weighted by Gasteiger charge is 2.15. The summed E-state index contributed by atoms with van der Waals surface area (Å²) in [6.07, 6.45) is 5.01. The van der Waals surface area contributed by atoms with Crippen molar-refractivity contribution in [1.82, 2.24) is 0 Å². The fraction of sp³-hybridized carbons (Fsp3) is 0.500. The minimum absolute atomic E-state index is 0.375. The van der Waals surface area contributed by atoms with Gasteiger partial charge in [-0.15, -0.1) is 0 Å². The molecule has 1 N–H and O–H groups in total. The van der Waals surface area contributed by atoms with E-state index < -0.39 is 0 Å². The summed E-state index contributed by atoms with van der Waals surface area (Å²) in [6, 6.07) is 6.01. The zero-order valence-corrected chi connectivity index (χ0v) is 7.42. The molecule has 1 aromatic rings. The minimum Gasteiger partial charge on any atom is -0.430 e. The van der Waals surface area contributed by atoms with Crippen molar-refractivity contribution in [2.45, 2.75) is 31.7 Å². The van der Waals surface area contributed by atoms with Crippen LogP contribution in [-0.2, 0) is 0 Å². The maximum absolute atomic E-state index is 8.54. The molecule has 1 aliphatic carbocycles. The first-order valence-corrected chi connectivity index (χ1v) is 4.65. The number of nitrogens with zero attached hydrogens (tertiary/aromatic N) is 1. The van der Waals surface area contributed by atoms with Crippen LogP contribution in [0.3, 0.4) is 0 Å². The van der Waals surface area contributed by atoms with E-state index >= 15 is 0 Å². The van der Waals surface area contributed by atoms with Gasteiger partial charge in [-0.3, -0.25) is 0 Å². The van der Waals surface area contributed by atoms with Gasteiger partial charge in [0.25, 0.3) is 0 Å². The molecule has 0 aliphatic heterocycles. The van der Waals surface area contributed by atoms with Gasteiger partial charge in [-0.2, -0.15) is 5.26 Å². The van der Waals surface area contributed by atoms with Crippen molar-refractivity contribution >= 4 is 5.88 Å². The molecule has 3 heteroatoms. The molecule has 13 heavy (non-hydrogen) atoms. The second-order valence-electron chi connectivity index (χ2n) is 3.40. The normalized spacial score (nSPS) is 17.2. The molecule has 0 radical (unpaired) electrons. The van der Waals surface area contributed by atoms with Gasteiger partial charge in [0.1, 0.15) is 6.07 Å². The van der Waals surface area contributed by atoms with Crippen LogP contribution in [0.15, 0.2) is 16.5 Å². The number of hydrogen-bond acceptors (Lipinski definition) is 3. The zero-order chi connectivity index (χ0) is 9.10. The molecular formula is C10H12N2O. The fourth-order valence-corrected chi connectivity index (χ4v) is 1.75. The molecule has 0 aromatic carbocycles. The maximum Gasteiger partial charge on any atom is 0.206 e. The maximum atomic E-state index is 8.54. The molecule has 68 valence electrons. The molecule has 3 nitrogen and oxygen atoms in total. The van der Waals surface area contributed by atoms with E-state index in [9.17, 15) is 0 Å². The van der Waals surface area contributed by atoms with Gasteiger partial charge in [0.05, 0.1) is 0 Å². The van der Waals surface area contributed by atoms with Gasteiger partial charge in [-0.05, 0) is 18.9 Å². The van der Waals surface area contributed by atoms with Crippen LogP contribution in [0.1, 0.15) is 31.4 Å². The summed E-state index contributed by atoms with van der Waals surface area (Å²) in [5.41, 5.74) is 0. The molecule has 2 rings (SSSR count). The molecule has 0 amide bonds. The molecule has 1 saturated carbocycles. The first-order chi connectivity index (χ1) is 6.38. The highest BCUT2D eigenvalue weighted by atomic mass is 16.4. The Hall–Kier alpha value is -1.43. The monoisotopic (exact) mass is 176 g/mol. The van der Waals surface area contributed by atoms with Gasteiger partial charge in [0.2, 0.25) is 5.76 Å². The summed E-state index contributed by atoms with van der Waals surface area (Å²) in [5, 5.41) is 11.8. The Morgan fingerprint density at radius 2 is 2.15 bits per heavy atom. The molecule has 0 saturated heterocycles. The zero-order valence-electron chi connectivity index (χ0n) is 7.42. The number of rotatable bonds is 2. The Morgan fingerprint density at radius 1 is 1.38 bits per heavy atom. The van der Waals surface area contributed by atoms with Crippen LogP contribution in [0, 0.1) is 11.3 Å². The van der Waals surface area contributed by atoms with Crippen LogP contribution >= 0.6 is 0 Å². The van der Waals surface area contributed by atoms with Crippen molar-refractivity contribution < 1.29 is 4.42 Å². The molecule has 1 fully saturated rings. The third kappa shape index (κ3) is 1.83. The van der Waals surface area contributed by atoms with Crippen LogP contribution in [0.4, 0.5) is 5.88 Å². The summed E-state index contributed by atoms with van der Waals surface area (Å²) >= 11 is 0. The molecule has 0 atom stereocenters. The van der Waals surface area contributed by atoms with Gasteiger partial charge in [0, 0.05) is 12.1 Å². The lowest BCUT2D eigenvalue weighted by atomic mass is 10.2. The van der Waals surface area contributed by atoms with E-state index in [-0.39, 0.29) is 0 Å². The van der Waals surface area contributed by atoms with Crippen LogP contribution in [0.5, 0.6) is 0 Å². The van der Waals surface area contributed by atoms with Gasteiger partial charge < -0.3 is 9.73 Å². The largest absolute Gasteiger partial charge is 0.430 e. The molecule has 1 aromatic heterocycles. The average Bonchev–Trinajstić information content (AvgIpc) is 2.76. The molecule has 0 spiro atoms. The van der Waals surface area contributed by atoms with Gasteiger partial charge >= 0.3 is 0 Å². The highest BCUT2D eigenvalue weighted by molar-refractivity contribution is 5.36. The first-order valence-electron chi connectivity index (χ1n) is 4.65. The van der Waals surface area contributed by atoms with Gasteiger partial charge in [-0.1, -0.05) is 12.8 Å². The van der Waals surface area contributed by atoms with E-state index in [0.29, 0.717) is 11.8 Å². The second kappa shape index (κ2) is 3.53. The van der Waals surface area contributed by atoms with Crippen molar-refractivity contribution in [2.75, 3.05) is 5.32 Å². The number of nitrogens with one attached hydrogen (secondary N) is 1. The lowest BCUT2D eigenvalue weighted by molar-refractivity contribution is 0.552. The van der Waals surface area contributed by atoms with E-state index in [1.54, 1.807) is 6.07 Å². The average molecular weight is 176 g/mol. The van der Waals surface area contributed by atoms with Crippen LogP contribution in [-0.4, -0.2) is 6.04 Å². The van der Waals surface area contributed by atoms with E-state index in [4.69, 9.17) is 9.68 Å². The summed E-state index contributed by atoms with van der Waals surface area (Å²) in [7, 11) is 0. The third-order valence-electron chi connectivity index (χ3n) is 2.42. The first kappa shape index (κ1) is 8.18. The molecule has 1 aliphatic rings. The Balaban J connectivity index is 1.97. The predicted octanol–water partition coefficient (Wildman–Crippen LogP) is 2.51. The minimum atomic E-state index is 0.375. The van der Waals surface area contributed by atoms with Crippen molar-refractivity contribution in [3.63, 3.8) is 0 Å². The van der Waals surface area contributed by atoms with Crippen LogP contribution < -0.4 is 5.32 Å². The molecular weight excluding hydrogens is 164 g/mol. The number of anilines is 1. The summed E-state index contributed by atoms with van der Waals surface area (Å²) in [5.74, 6) is 1.10. The molecule has 1 heterocycles. The van der Waals surface area contributed by atoms with Crippen molar-refractivity contribution in [2.24, 2.45) is 0 Å². The summed E-state index contributed by atoms with van der Waals surface area (Å²) in [4.78, 5) is 0. The lowest BCUT2D eigenvalue weighted by Crippen LogP contribution is -2.13. The highest BCUT2D eigenvalue weighted by Crippen LogP contribution is 2.23. The standard InChI is InChI=1S/C10H12N2O/c11-7-9-5-6-10(13-9)12-8-3-1-2-4-8/h5-6,8,12H,1-4H2. The SMILES string of the molecule is N#Cc1ccc(NC2CCCC2)o1. The van der Waals surface area contributed by atoms with Crippen molar-refractivity contribution in [3.05, 3.63) is 17.9 Å². The van der Waals surface area contributed by atoms with Crippen molar-refractivity contribution in [1.29, 1.82) is 5.26 Å². The number of hydrogen-bond donors (Lipinski definition) is 1.